The molecule has 1 aromatic heterocycles. The predicted octanol–water partition coefficient (Wildman–Crippen LogP) is 7.66. The van der Waals surface area contributed by atoms with Gasteiger partial charge in [0.25, 0.3) is 11.8 Å². The Morgan fingerprint density at radius 2 is 1.65 bits per heavy atom. The summed E-state index contributed by atoms with van der Waals surface area (Å²) in [6, 6.07) is 31.1. The first kappa shape index (κ1) is 32.2. The molecule has 0 spiro atoms. The molecule has 8 nitrogen and oxygen atoms in total. The van der Waals surface area contributed by atoms with Crippen molar-refractivity contribution in [1.82, 2.24) is 10.3 Å². The van der Waals surface area contributed by atoms with Gasteiger partial charge < -0.3 is 20.7 Å². The number of methoxy groups -OCH3 is 1. The van der Waals surface area contributed by atoms with Crippen LogP contribution in [0.1, 0.15) is 28.4 Å². The van der Waals surface area contributed by atoms with Gasteiger partial charge in [0.1, 0.15) is 11.4 Å². The van der Waals surface area contributed by atoms with Crippen molar-refractivity contribution in [3.05, 3.63) is 131 Å². The highest BCUT2D eigenvalue weighted by Gasteiger charge is 2.18. The molecule has 3 amide bonds. The predicted molar refractivity (Wildman–Crippen MR) is 186 cm³/mol. The van der Waals surface area contributed by atoms with Gasteiger partial charge in [0, 0.05) is 27.1 Å². The number of carbonyl (C=O) groups is 3. The molecule has 4 aromatic carbocycles. The number of nitrogens with zero attached hydrogens (tertiary/aromatic N) is 1. The van der Waals surface area contributed by atoms with Gasteiger partial charge in [0.2, 0.25) is 5.91 Å². The maximum atomic E-state index is 13.5. The van der Waals surface area contributed by atoms with Gasteiger partial charge in [0.05, 0.1) is 18.1 Å². The van der Waals surface area contributed by atoms with Crippen molar-refractivity contribution in [3.8, 4) is 17.0 Å². The normalized spacial score (nSPS) is 11.8. The number of thioether (sulfide) groups is 1. The number of aryl methyl sites for hydroxylation is 1. The summed E-state index contributed by atoms with van der Waals surface area (Å²) in [5.41, 5.74) is 4.63. The zero-order chi connectivity index (χ0) is 32.5. The van der Waals surface area contributed by atoms with E-state index in [0.29, 0.717) is 27.7 Å². The summed E-state index contributed by atoms with van der Waals surface area (Å²) >= 11 is 2.73. The topological polar surface area (TPSA) is 109 Å². The largest absolute Gasteiger partial charge is 0.497 e. The van der Waals surface area contributed by atoms with E-state index in [9.17, 15) is 14.4 Å². The summed E-state index contributed by atoms with van der Waals surface area (Å²) in [6.07, 6.45) is 1.59. The Morgan fingerprint density at radius 3 is 2.41 bits per heavy atom. The molecule has 1 unspecified atom stereocenters. The monoisotopic (exact) mass is 648 g/mol. The minimum absolute atomic E-state index is 0.0568. The number of hydrogen-bond donors (Lipinski definition) is 3. The molecule has 0 fully saturated rings. The fourth-order valence-electron chi connectivity index (χ4n) is 4.34. The highest BCUT2D eigenvalue weighted by atomic mass is 32.2. The molecule has 5 aromatic rings. The molecule has 10 heteroatoms. The van der Waals surface area contributed by atoms with Gasteiger partial charge in [-0.1, -0.05) is 66.2 Å². The van der Waals surface area contributed by atoms with E-state index in [1.807, 2.05) is 61.7 Å². The second-order valence-electron chi connectivity index (χ2n) is 10.3. The smallest absolute Gasteiger partial charge is 0.272 e. The number of nitrogens with one attached hydrogen (secondary N) is 3. The van der Waals surface area contributed by atoms with Crippen LogP contribution in [0.2, 0.25) is 0 Å². The Kier molecular flexibility index (Phi) is 10.6. The number of anilines is 2. The minimum atomic E-state index is -0.506. The van der Waals surface area contributed by atoms with Crippen molar-refractivity contribution in [2.75, 3.05) is 17.7 Å². The van der Waals surface area contributed by atoms with Crippen LogP contribution in [-0.4, -0.2) is 35.1 Å². The lowest BCUT2D eigenvalue weighted by Crippen LogP contribution is -2.30. The van der Waals surface area contributed by atoms with Crippen molar-refractivity contribution in [2.45, 2.75) is 24.0 Å². The van der Waals surface area contributed by atoms with Gasteiger partial charge >= 0.3 is 0 Å². The van der Waals surface area contributed by atoms with Crippen LogP contribution in [0.25, 0.3) is 17.3 Å². The first-order chi connectivity index (χ1) is 22.3. The maximum Gasteiger partial charge on any atom is 0.272 e. The molecule has 0 saturated heterocycles. The minimum Gasteiger partial charge on any atom is -0.497 e. The number of benzene rings is 4. The third-order valence-electron chi connectivity index (χ3n) is 6.79. The second-order valence-corrected chi connectivity index (χ2v) is 12.6. The van der Waals surface area contributed by atoms with E-state index in [0.717, 1.165) is 16.2 Å². The third-order valence-corrected chi connectivity index (χ3v) is 8.64. The van der Waals surface area contributed by atoms with E-state index in [1.165, 1.54) is 28.7 Å². The van der Waals surface area contributed by atoms with Crippen LogP contribution in [0, 0.1) is 6.92 Å². The third kappa shape index (κ3) is 8.71. The van der Waals surface area contributed by atoms with E-state index < -0.39 is 17.1 Å². The van der Waals surface area contributed by atoms with Crippen molar-refractivity contribution in [2.24, 2.45) is 0 Å². The molecule has 3 N–H and O–H groups in total. The number of hydrogen-bond acceptors (Lipinski definition) is 7. The van der Waals surface area contributed by atoms with Gasteiger partial charge in [-0.3, -0.25) is 14.4 Å². The van der Waals surface area contributed by atoms with Gasteiger partial charge in [0.15, 0.2) is 5.13 Å². The van der Waals surface area contributed by atoms with Gasteiger partial charge in [-0.25, -0.2) is 4.98 Å². The van der Waals surface area contributed by atoms with Crippen LogP contribution in [0.4, 0.5) is 10.8 Å². The van der Waals surface area contributed by atoms with Crippen molar-refractivity contribution in [3.63, 3.8) is 0 Å². The SMILES string of the molecule is COc1cccc(/C=C(\NC(=O)c2ccccc2)C(=O)Nc2cccc(SC(C)C(=O)Nc3nc(-c4ccc(C)cc4)cs3)c2)c1. The fourth-order valence-corrected chi connectivity index (χ4v) is 5.99. The average molecular weight is 649 g/mol. The summed E-state index contributed by atoms with van der Waals surface area (Å²) in [4.78, 5) is 44.8. The first-order valence-corrected chi connectivity index (χ1v) is 16.2. The van der Waals surface area contributed by atoms with E-state index >= 15 is 0 Å². The Bertz CT molecular complexity index is 1870. The van der Waals surface area contributed by atoms with Gasteiger partial charge in [-0.2, -0.15) is 0 Å². The van der Waals surface area contributed by atoms with Gasteiger partial charge in [-0.15, -0.1) is 23.1 Å². The molecule has 1 atom stereocenters. The number of rotatable bonds is 11. The average Bonchev–Trinajstić information content (AvgIpc) is 3.53. The Morgan fingerprint density at radius 1 is 0.891 bits per heavy atom. The van der Waals surface area contributed by atoms with Crippen LogP contribution in [0.5, 0.6) is 5.75 Å². The van der Waals surface area contributed by atoms with E-state index in [2.05, 4.69) is 20.9 Å². The van der Waals surface area contributed by atoms with Crippen LogP contribution in [0.15, 0.2) is 119 Å². The zero-order valence-electron chi connectivity index (χ0n) is 25.4. The van der Waals surface area contributed by atoms with Gasteiger partial charge in [-0.05, 0) is 68.0 Å². The van der Waals surface area contributed by atoms with Crippen LogP contribution in [-0.2, 0) is 9.59 Å². The van der Waals surface area contributed by atoms with Crippen LogP contribution in [0.3, 0.4) is 0 Å². The molecule has 0 radical (unpaired) electrons. The molecule has 5 rings (SSSR count). The molecular weight excluding hydrogens is 617 g/mol. The summed E-state index contributed by atoms with van der Waals surface area (Å²) in [5, 5.41) is 10.5. The standard InChI is InChI=1S/C36H32N4O4S2/c1-23-15-17-26(18-16-23)32-22-45-36(39-32)40-33(41)24(2)46-30-14-8-12-28(21-30)37-35(43)31(20-25-9-7-13-29(19-25)44-3)38-34(42)27-10-5-4-6-11-27/h4-22,24H,1-3H3,(H,37,43)(H,38,42)(H,39,40,41)/b31-20-. The molecule has 0 aliphatic carbocycles. The molecule has 1 heterocycles. The number of ether oxygens (including phenoxy) is 1. The quantitative estimate of drug-likeness (QED) is 0.100. The number of carbonyl (C=O) groups excluding carboxylic acids is 3. The molecule has 0 aliphatic rings. The maximum absolute atomic E-state index is 13.5. The molecule has 46 heavy (non-hydrogen) atoms. The van der Waals surface area contributed by atoms with Crippen LogP contribution >= 0.6 is 23.1 Å². The first-order valence-electron chi connectivity index (χ1n) is 14.4. The fraction of sp³-hybridized carbons (Fsp3) is 0.111. The lowest BCUT2D eigenvalue weighted by atomic mass is 10.1. The van der Waals surface area contributed by atoms with Crippen molar-refractivity contribution in [1.29, 1.82) is 0 Å². The summed E-state index contributed by atoms with van der Waals surface area (Å²) in [6.45, 7) is 3.84. The Hall–Kier alpha value is -5.19. The molecule has 232 valence electrons. The highest BCUT2D eigenvalue weighted by molar-refractivity contribution is 8.00. The molecule has 0 saturated carbocycles. The Labute approximate surface area is 275 Å². The molecule has 0 bridgehead atoms. The summed E-state index contributed by atoms with van der Waals surface area (Å²) in [5.74, 6) is -0.489. The van der Waals surface area contributed by atoms with Crippen molar-refractivity contribution < 1.29 is 19.1 Å². The number of thiazole rings is 1. The van der Waals surface area contributed by atoms with Crippen molar-refractivity contribution >= 4 is 57.7 Å². The summed E-state index contributed by atoms with van der Waals surface area (Å²) < 4.78 is 5.31. The van der Waals surface area contributed by atoms with E-state index in [1.54, 1.807) is 73.8 Å². The zero-order valence-corrected chi connectivity index (χ0v) is 27.1. The Balaban J connectivity index is 1.26. The lowest BCUT2D eigenvalue weighted by molar-refractivity contribution is -0.115. The van der Waals surface area contributed by atoms with E-state index in [-0.39, 0.29) is 11.6 Å². The number of aromatic nitrogens is 1. The van der Waals surface area contributed by atoms with E-state index in [4.69, 9.17) is 4.74 Å². The number of amides is 3. The second kappa shape index (κ2) is 15.2. The highest BCUT2D eigenvalue weighted by Crippen LogP contribution is 2.29. The summed E-state index contributed by atoms with van der Waals surface area (Å²) in [7, 11) is 1.56. The molecular formula is C36H32N4O4S2. The van der Waals surface area contributed by atoms with Crippen LogP contribution < -0.4 is 20.7 Å². The lowest BCUT2D eigenvalue weighted by Gasteiger charge is -2.14. The molecule has 0 aliphatic heterocycles.